The van der Waals surface area contributed by atoms with E-state index >= 15 is 0 Å². The van der Waals surface area contributed by atoms with E-state index in [1.165, 1.54) is 6.07 Å². The molecule has 1 fully saturated rings. The first kappa shape index (κ1) is 17.3. The number of nitrogens with one attached hydrogen (secondary N) is 2. The van der Waals surface area contributed by atoms with Crippen molar-refractivity contribution in [1.82, 2.24) is 5.32 Å². The van der Waals surface area contributed by atoms with Crippen LogP contribution in [0.25, 0.3) is 0 Å². The van der Waals surface area contributed by atoms with Crippen LogP contribution in [0.4, 0.5) is 18.9 Å². The van der Waals surface area contributed by atoms with Gasteiger partial charge in [0.15, 0.2) is 0 Å². The van der Waals surface area contributed by atoms with E-state index in [4.69, 9.17) is 0 Å². The zero-order chi connectivity index (χ0) is 17.3. The highest BCUT2D eigenvalue weighted by molar-refractivity contribution is 6.39. The first-order chi connectivity index (χ1) is 10.6. The van der Waals surface area contributed by atoms with Gasteiger partial charge >= 0.3 is 18.0 Å². The van der Waals surface area contributed by atoms with Crippen molar-refractivity contribution in [1.29, 1.82) is 0 Å². The van der Waals surface area contributed by atoms with Crippen molar-refractivity contribution < 1.29 is 27.9 Å². The maximum Gasteiger partial charge on any atom is 0.416 e. The molecular weight excluding hydrogens is 313 g/mol. The normalized spacial score (nSPS) is 17.3. The van der Waals surface area contributed by atoms with Crippen LogP contribution < -0.4 is 10.6 Å². The molecule has 23 heavy (non-hydrogen) atoms. The lowest BCUT2D eigenvalue weighted by Crippen LogP contribution is -2.45. The maximum atomic E-state index is 12.6. The third-order valence-corrected chi connectivity index (χ3v) is 3.72. The lowest BCUT2D eigenvalue weighted by molar-refractivity contribution is -0.137. The van der Waals surface area contributed by atoms with E-state index in [1.54, 1.807) is 6.92 Å². The first-order valence-corrected chi connectivity index (χ1v) is 7.08. The molecule has 1 unspecified atom stereocenters. The third-order valence-electron chi connectivity index (χ3n) is 3.72. The molecule has 1 saturated carbocycles. The monoisotopic (exact) mass is 330 g/mol. The van der Waals surface area contributed by atoms with E-state index in [2.05, 4.69) is 10.6 Å². The fourth-order valence-corrected chi connectivity index (χ4v) is 2.15. The molecule has 1 aromatic rings. The summed E-state index contributed by atoms with van der Waals surface area (Å²) in [5.74, 6) is -2.01. The van der Waals surface area contributed by atoms with Gasteiger partial charge in [-0.1, -0.05) is 6.07 Å². The number of amides is 2. The minimum Gasteiger partial charge on any atom is -0.388 e. The summed E-state index contributed by atoms with van der Waals surface area (Å²) in [6, 6.07) is 3.99. The molecule has 1 aromatic carbocycles. The van der Waals surface area contributed by atoms with Crippen LogP contribution in [-0.2, 0) is 15.8 Å². The van der Waals surface area contributed by atoms with Crippen LogP contribution in [-0.4, -0.2) is 29.1 Å². The van der Waals surface area contributed by atoms with E-state index in [0.29, 0.717) is 0 Å². The summed E-state index contributed by atoms with van der Waals surface area (Å²) in [5.41, 5.74) is -2.15. The van der Waals surface area contributed by atoms with Crippen LogP contribution in [0.5, 0.6) is 0 Å². The molecule has 0 bridgehead atoms. The number of rotatable bonds is 4. The molecule has 1 aliphatic rings. The molecule has 126 valence electrons. The molecule has 2 amide bonds. The van der Waals surface area contributed by atoms with Crippen LogP contribution in [0.1, 0.15) is 25.3 Å². The van der Waals surface area contributed by atoms with Crippen molar-refractivity contribution in [3.05, 3.63) is 29.8 Å². The number of anilines is 1. The highest BCUT2D eigenvalue weighted by atomic mass is 19.4. The van der Waals surface area contributed by atoms with Crippen LogP contribution in [0.3, 0.4) is 0 Å². The molecule has 3 N–H and O–H groups in total. The minimum absolute atomic E-state index is 0.0908. The van der Waals surface area contributed by atoms with Gasteiger partial charge in [-0.2, -0.15) is 13.2 Å². The highest BCUT2D eigenvalue weighted by Gasteiger charge is 2.40. The van der Waals surface area contributed by atoms with Gasteiger partial charge in [-0.3, -0.25) is 9.59 Å². The predicted octanol–water partition coefficient (Wildman–Crippen LogP) is 1.92. The van der Waals surface area contributed by atoms with Gasteiger partial charge in [0.2, 0.25) is 0 Å². The largest absolute Gasteiger partial charge is 0.416 e. The smallest absolute Gasteiger partial charge is 0.388 e. The van der Waals surface area contributed by atoms with Gasteiger partial charge in [-0.05, 0) is 43.9 Å². The lowest BCUT2D eigenvalue weighted by atomic mass is 10.0. The maximum absolute atomic E-state index is 12.6. The number of aliphatic hydroxyl groups is 1. The summed E-state index contributed by atoms with van der Waals surface area (Å²) in [4.78, 5) is 23.4. The Morgan fingerprint density at radius 2 is 1.91 bits per heavy atom. The molecule has 8 heteroatoms. The Labute approximate surface area is 130 Å². The second-order valence-corrected chi connectivity index (χ2v) is 5.85. The van der Waals surface area contributed by atoms with Crippen molar-refractivity contribution in [2.45, 2.75) is 31.5 Å². The number of benzene rings is 1. The van der Waals surface area contributed by atoms with Gasteiger partial charge in [0, 0.05) is 12.2 Å². The van der Waals surface area contributed by atoms with Crippen molar-refractivity contribution in [2.24, 2.45) is 5.92 Å². The zero-order valence-electron chi connectivity index (χ0n) is 12.4. The number of halogens is 3. The molecule has 0 saturated heterocycles. The topological polar surface area (TPSA) is 78.4 Å². The van der Waals surface area contributed by atoms with E-state index in [9.17, 15) is 27.9 Å². The van der Waals surface area contributed by atoms with E-state index in [0.717, 1.165) is 31.0 Å². The lowest BCUT2D eigenvalue weighted by Gasteiger charge is -2.22. The Morgan fingerprint density at radius 1 is 1.26 bits per heavy atom. The van der Waals surface area contributed by atoms with Gasteiger partial charge in [0.25, 0.3) is 0 Å². The van der Waals surface area contributed by atoms with Crippen LogP contribution in [0.15, 0.2) is 24.3 Å². The van der Waals surface area contributed by atoms with Gasteiger partial charge in [-0.15, -0.1) is 0 Å². The third kappa shape index (κ3) is 4.69. The molecule has 0 heterocycles. The van der Waals surface area contributed by atoms with Crippen molar-refractivity contribution in [2.75, 3.05) is 11.9 Å². The average Bonchev–Trinajstić information content (AvgIpc) is 3.29. The average molecular weight is 330 g/mol. The summed E-state index contributed by atoms with van der Waals surface area (Å²) in [7, 11) is 0. The molecule has 5 nitrogen and oxygen atoms in total. The van der Waals surface area contributed by atoms with E-state index in [1.807, 2.05) is 0 Å². The predicted molar refractivity (Wildman–Crippen MR) is 76.4 cm³/mol. The van der Waals surface area contributed by atoms with Gasteiger partial charge in [0.1, 0.15) is 0 Å². The van der Waals surface area contributed by atoms with E-state index in [-0.39, 0.29) is 18.2 Å². The van der Waals surface area contributed by atoms with Gasteiger partial charge in [0.05, 0.1) is 11.2 Å². The quantitative estimate of drug-likeness (QED) is 0.738. The molecule has 0 spiro atoms. The second-order valence-electron chi connectivity index (χ2n) is 5.85. The summed E-state index contributed by atoms with van der Waals surface area (Å²) in [5, 5.41) is 14.4. The fraction of sp³-hybridized carbons (Fsp3) is 0.467. The van der Waals surface area contributed by atoms with Crippen LogP contribution >= 0.6 is 0 Å². The van der Waals surface area contributed by atoms with Crippen LogP contribution in [0, 0.1) is 5.92 Å². The second kappa shape index (κ2) is 6.19. The van der Waals surface area contributed by atoms with Gasteiger partial charge < -0.3 is 15.7 Å². The zero-order valence-corrected chi connectivity index (χ0v) is 12.4. The summed E-state index contributed by atoms with van der Waals surface area (Å²) in [6.07, 6.45) is -2.81. The fourth-order valence-electron chi connectivity index (χ4n) is 2.15. The summed E-state index contributed by atoms with van der Waals surface area (Å²) < 4.78 is 37.7. The standard InChI is InChI=1S/C15H17F3N2O3/c1-14(23,9-5-6-9)8-19-12(21)13(22)20-11-4-2-3-10(7-11)15(16,17)18/h2-4,7,9,23H,5-6,8H2,1H3,(H,19,21)(H,20,22). The van der Waals surface area contributed by atoms with Crippen LogP contribution in [0.2, 0.25) is 0 Å². The molecular formula is C15H17F3N2O3. The number of hydrogen-bond acceptors (Lipinski definition) is 3. The summed E-state index contributed by atoms with van der Waals surface area (Å²) >= 11 is 0. The molecule has 1 atom stereocenters. The number of hydrogen-bond donors (Lipinski definition) is 3. The number of carbonyl (C=O) groups is 2. The van der Waals surface area contributed by atoms with Crippen molar-refractivity contribution in [3.63, 3.8) is 0 Å². The molecule has 0 aliphatic heterocycles. The molecule has 0 aromatic heterocycles. The van der Waals surface area contributed by atoms with Crippen molar-refractivity contribution in [3.8, 4) is 0 Å². The van der Waals surface area contributed by atoms with Crippen molar-refractivity contribution >= 4 is 17.5 Å². The highest BCUT2D eigenvalue weighted by Crippen LogP contribution is 2.39. The minimum atomic E-state index is -4.54. The SMILES string of the molecule is CC(O)(CNC(=O)C(=O)Nc1cccc(C(F)(F)F)c1)C1CC1. The van der Waals surface area contributed by atoms with Gasteiger partial charge in [-0.25, -0.2) is 0 Å². The summed E-state index contributed by atoms with van der Waals surface area (Å²) in [6.45, 7) is 1.47. The number of alkyl halides is 3. The molecule has 2 rings (SSSR count). The molecule has 0 radical (unpaired) electrons. The molecule has 1 aliphatic carbocycles. The Bertz CT molecular complexity index is 610. The first-order valence-electron chi connectivity index (χ1n) is 7.08. The van der Waals surface area contributed by atoms with E-state index < -0.39 is 29.2 Å². The Kier molecular flexibility index (Phi) is 4.65. The Hall–Kier alpha value is -2.09. The Balaban J connectivity index is 1.92. The number of carbonyl (C=O) groups excluding carboxylic acids is 2. The Morgan fingerprint density at radius 3 is 2.48 bits per heavy atom.